The number of hydrogen-bond acceptors (Lipinski definition) is 1. The molecule has 1 atom stereocenters. The van der Waals surface area contributed by atoms with E-state index in [9.17, 15) is 0 Å². The van der Waals surface area contributed by atoms with E-state index in [0.29, 0.717) is 0 Å². The van der Waals surface area contributed by atoms with Crippen molar-refractivity contribution in [2.24, 2.45) is 0 Å². The molecule has 1 nitrogen and oxygen atoms in total. The summed E-state index contributed by atoms with van der Waals surface area (Å²) >= 11 is 0. The van der Waals surface area contributed by atoms with Crippen molar-refractivity contribution in [1.82, 2.24) is 5.32 Å². The number of nitrogens with one attached hydrogen (secondary N) is 1. The van der Waals surface area contributed by atoms with Gasteiger partial charge in [0.2, 0.25) is 0 Å². The first-order valence-electron chi connectivity index (χ1n) is 4.41. The summed E-state index contributed by atoms with van der Waals surface area (Å²) in [5.41, 5.74) is 1.83. The molecule has 0 radical (unpaired) electrons. The molecule has 1 saturated heterocycles. The van der Waals surface area contributed by atoms with Crippen LogP contribution < -0.4 is 5.32 Å². The third-order valence-electron chi connectivity index (χ3n) is 3.10. The second-order valence-electron chi connectivity index (χ2n) is 4.24. The Morgan fingerprint density at radius 3 is 1.92 bits per heavy atom. The van der Waals surface area contributed by atoms with E-state index >= 15 is 0 Å². The predicted octanol–water partition coefficient (Wildman–Crippen LogP) is 2.28. The van der Waals surface area contributed by atoms with Gasteiger partial charge in [-0.25, -0.2) is 0 Å². The van der Waals surface area contributed by atoms with Crippen LogP contribution in [0.4, 0.5) is 0 Å². The van der Waals surface area contributed by atoms with E-state index in [4.69, 9.17) is 0 Å². The van der Waals surface area contributed by atoms with Crippen LogP contribution in [0.3, 0.4) is 0 Å². The van der Waals surface area contributed by atoms with E-state index < -0.39 is 0 Å². The Morgan fingerprint density at radius 2 is 1.50 bits per heavy atom. The molecule has 1 N–H and O–H groups in total. The molecule has 12 heavy (non-hydrogen) atoms. The van der Waals surface area contributed by atoms with E-state index in [0.717, 1.165) is 0 Å². The van der Waals surface area contributed by atoms with Crippen molar-refractivity contribution >= 4 is 0 Å². The first kappa shape index (κ1) is 7.81. The fourth-order valence-corrected chi connectivity index (χ4v) is 1.80. The monoisotopic (exact) mass is 161 g/mol. The Kier molecular flexibility index (Phi) is 1.37. The molecule has 0 unspecified atom stereocenters. The minimum absolute atomic E-state index is 0.189. The molecule has 0 aliphatic carbocycles. The molecule has 1 heterocycles. The molecule has 0 aromatic heterocycles. The molecular weight excluding hydrogens is 146 g/mol. The molecule has 1 fully saturated rings. The van der Waals surface area contributed by atoms with Gasteiger partial charge in [-0.05, 0) is 26.3 Å². The smallest absolute Gasteiger partial charge is 0.0590 e. The summed E-state index contributed by atoms with van der Waals surface area (Å²) in [7, 11) is 0. The second-order valence-corrected chi connectivity index (χ2v) is 4.24. The Hall–Kier alpha value is -0.820. The standard InChI is InChI=1S/C11H15N/c1-10(2)11(3,12-10)9-7-5-4-6-8-9/h4-8,12H,1-3H3/t11-/m0/s1. The summed E-state index contributed by atoms with van der Waals surface area (Å²) in [6, 6.07) is 10.6. The average Bonchev–Trinajstić information content (AvgIpc) is 2.55. The summed E-state index contributed by atoms with van der Waals surface area (Å²) in [5.74, 6) is 0. The van der Waals surface area contributed by atoms with Gasteiger partial charge in [0.25, 0.3) is 0 Å². The van der Waals surface area contributed by atoms with Crippen LogP contribution >= 0.6 is 0 Å². The lowest BCUT2D eigenvalue weighted by atomic mass is 9.90. The second kappa shape index (κ2) is 2.11. The van der Waals surface area contributed by atoms with Gasteiger partial charge in [-0.2, -0.15) is 0 Å². The van der Waals surface area contributed by atoms with Gasteiger partial charge in [0.1, 0.15) is 0 Å². The SMILES string of the molecule is CC1(C)N[C@@]1(C)c1ccccc1. The van der Waals surface area contributed by atoms with E-state index in [-0.39, 0.29) is 11.1 Å². The topological polar surface area (TPSA) is 21.9 Å². The van der Waals surface area contributed by atoms with Crippen LogP contribution in [0.2, 0.25) is 0 Å². The van der Waals surface area contributed by atoms with Crippen molar-refractivity contribution in [2.45, 2.75) is 31.8 Å². The summed E-state index contributed by atoms with van der Waals surface area (Å²) < 4.78 is 0. The first-order valence-corrected chi connectivity index (χ1v) is 4.41. The minimum atomic E-state index is 0.189. The van der Waals surface area contributed by atoms with Gasteiger partial charge in [0.15, 0.2) is 0 Å². The van der Waals surface area contributed by atoms with Crippen molar-refractivity contribution in [3.8, 4) is 0 Å². The Labute approximate surface area is 73.8 Å². The van der Waals surface area contributed by atoms with E-state index in [1.165, 1.54) is 5.56 Å². The summed E-state index contributed by atoms with van der Waals surface area (Å²) in [6.07, 6.45) is 0. The van der Waals surface area contributed by atoms with Crippen LogP contribution in [0.1, 0.15) is 26.3 Å². The molecule has 2 rings (SSSR count). The predicted molar refractivity (Wildman–Crippen MR) is 51.0 cm³/mol. The zero-order valence-electron chi connectivity index (χ0n) is 7.89. The van der Waals surface area contributed by atoms with Crippen molar-refractivity contribution in [3.05, 3.63) is 35.9 Å². The molecule has 1 aromatic rings. The molecule has 0 amide bonds. The molecule has 0 saturated carbocycles. The highest BCUT2D eigenvalue weighted by atomic mass is 15.3. The van der Waals surface area contributed by atoms with E-state index in [1.807, 2.05) is 0 Å². The zero-order valence-corrected chi connectivity index (χ0v) is 7.89. The van der Waals surface area contributed by atoms with Gasteiger partial charge in [-0.3, -0.25) is 5.32 Å². The van der Waals surface area contributed by atoms with E-state index in [2.05, 4.69) is 56.4 Å². The third kappa shape index (κ3) is 0.896. The maximum Gasteiger partial charge on any atom is 0.0590 e. The lowest BCUT2D eigenvalue weighted by molar-refractivity contribution is 0.636. The largest absolute Gasteiger partial charge is 0.299 e. The fraction of sp³-hybridized carbons (Fsp3) is 0.455. The summed E-state index contributed by atoms with van der Waals surface area (Å²) in [4.78, 5) is 0. The molecule has 0 bridgehead atoms. The van der Waals surface area contributed by atoms with Gasteiger partial charge in [0.05, 0.1) is 5.54 Å². The molecule has 0 spiro atoms. The van der Waals surface area contributed by atoms with Crippen molar-refractivity contribution in [1.29, 1.82) is 0 Å². The maximum absolute atomic E-state index is 3.50. The van der Waals surface area contributed by atoms with E-state index in [1.54, 1.807) is 0 Å². The van der Waals surface area contributed by atoms with Crippen LogP contribution in [0.25, 0.3) is 0 Å². The lowest BCUT2D eigenvalue weighted by Crippen LogP contribution is -2.13. The van der Waals surface area contributed by atoms with Crippen LogP contribution in [0.15, 0.2) is 30.3 Å². The quantitative estimate of drug-likeness (QED) is 0.627. The van der Waals surface area contributed by atoms with Crippen molar-refractivity contribution in [3.63, 3.8) is 0 Å². The molecule has 1 aliphatic rings. The molecule has 1 aromatic carbocycles. The zero-order chi connectivity index (χ0) is 8.82. The molecular formula is C11H15N. The molecule has 1 aliphatic heterocycles. The number of rotatable bonds is 1. The van der Waals surface area contributed by atoms with Crippen LogP contribution in [0, 0.1) is 0 Å². The van der Waals surface area contributed by atoms with Crippen molar-refractivity contribution in [2.75, 3.05) is 0 Å². The highest BCUT2D eigenvalue weighted by Crippen LogP contribution is 2.46. The normalized spacial score (nSPS) is 31.6. The van der Waals surface area contributed by atoms with Crippen LogP contribution in [-0.2, 0) is 5.54 Å². The summed E-state index contributed by atoms with van der Waals surface area (Å²) in [5, 5.41) is 3.50. The minimum Gasteiger partial charge on any atom is -0.299 e. The number of benzene rings is 1. The Bertz CT molecular complexity index is 289. The number of hydrogen-bond donors (Lipinski definition) is 1. The molecule has 64 valence electrons. The molecule has 1 heteroatoms. The maximum atomic E-state index is 3.50. The highest BCUT2D eigenvalue weighted by Gasteiger charge is 2.57. The average molecular weight is 161 g/mol. The van der Waals surface area contributed by atoms with Gasteiger partial charge < -0.3 is 0 Å². The first-order chi connectivity index (χ1) is 5.56. The summed E-state index contributed by atoms with van der Waals surface area (Å²) in [6.45, 7) is 6.72. The fourth-order valence-electron chi connectivity index (χ4n) is 1.80. The van der Waals surface area contributed by atoms with Crippen LogP contribution in [-0.4, -0.2) is 5.54 Å². The Morgan fingerprint density at radius 1 is 1.00 bits per heavy atom. The van der Waals surface area contributed by atoms with Gasteiger partial charge in [-0.1, -0.05) is 30.3 Å². The van der Waals surface area contributed by atoms with Gasteiger partial charge >= 0.3 is 0 Å². The van der Waals surface area contributed by atoms with Gasteiger partial charge in [0, 0.05) is 5.54 Å². The van der Waals surface area contributed by atoms with Crippen molar-refractivity contribution < 1.29 is 0 Å². The van der Waals surface area contributed by atoms with Gasteiger partial charge in [-0.15, -0.1) is 0 Å². The Balaban J connectivity index is 2.35. The highest BCUT2D eigenvalue weighted by molar-refractivity contribution is 5.36. The lowest BCUT2D eigenvalue weighted by Gasteiger charge is -2.11. The van der Waals surface area contributed by atoms with Crippen LogP contribution in [0.5, 0.6) is 0 Å². The third-order valence-corrected chi connectivity index (χ3v) is 3.10.